The highest BCUT2D eigenvalue weighted by molar-refractivity contribution is 5.90. The molecule has 4 heteroatoms. The van der Waals surface area contributed by atoms with E-state index in [1.54, 1.807) is 13.0 Å². The number of carbonyl (C=O) groups excluding carboxylic acids is 1. The van der Waals surface area contributed by atoms with E-state index in [4.69, 9.17) is 5.73 Å². The van der Waals surface area contributed by atoms with Gasteiger partial charge in [-0.25, -0.2) is 4.39 Å². The lowest BCUT2D eigenvalue weighted by atomic mass is 10.2. The summed E-state index contributed by atoms with van der Waals surface area (Å²) < 4.78 is 12.9. The van der Waals surface area contributed by atoms with Gasteiger partial charge in [-0.05, 0) is 30.7 Å². The number of nitrogens with two attached hydrogens (primary N) is 1. The second-order valence-electron chi connectivity index (χ2n) is 3.05. The molecule has 0 aliphatic carbocycles. The zero-order valence-electron chi connectivity index (χ0n) is 8.01. The molecule has 0 aromatic heterocycles. The number of carbonyl (C=O) groups is 1. The van der Waals surface area contributed by atoms with Crippen LogP contribution in [0.5, 0.6) is 0 Å². The monoisotopic (exact) mass is 196 g/mol. The third-order valence-corrected chi connectivity index (χ3v) is 1.81. The molecule has 3 nitrogen and oxygen atoms in total. The van der Waals surface area contributed by atoms with Crippen LogP contribution in [-0.2, 0) is 4.79 Å². The number of halogens is 1. The first-order chi connectivity index (χ1) is 6.63. The van der Waals surface area contributed by atoms with E-state index >= 15 is 0 Å². The van der Waals surface area contributed by atoms with Crippen molar-refractivity contribution in [3.63, 3.8) is 0 Å². The van der Waals surface area contributed by atoms with Gasteiger partial charge in [-0.2, -0.15) is 0 Å². The van der Waals surface area contributed by atoms with Crippen LogP contribution in [0.25, 0.3) is 0 Å². The summed E-state index contributed by atoms with van der Waals surface area (Å²) in [6.45, 7) is 1.96. The van der Waals surface area contributed by atoms with Crippen molar-refractivity contribution in [2.45, 2.75) is 13.3 Å². The Morgan fingerprint density at radius 3 is 2.86 bits per heavy atom. The predicted molar refractivity (Wildman–Crippen MR) is 53.4 cm³/mol. The Balaban J connectivity index is 2.68. The molecule has 0 bridgehead atoms. The maximum Gasteiger partial charge on any atom is 0.225 e. The highest BCUT2D eigenvalue weighted by atomic mass is 19.1. The molecule has 0 saturated heterocycles. The SMILES string of the molecule is Cc1cc(NC(=O)CCN)ccc1F. The van der Waals surface area contributed by atoms with Crippen LogP contribution >= 0.6 is 0 Å². The van der Waals surface area contributed by atoms with Crippen molar-refractivity contribution in [3.05, 3.63) is 29.6 Å². The van der Waals surface area contributed by atoms with E-state index in [1.165, 1.54) is 12.1 Å². The summed E-state index contributed by atoms with van der Waals surface area (Å²) in [5.74, 6) is -0.430. The zero-order chi connectivity index (χ0) is 10.6. The third-order valence-electron chi connectivity index (χ3n) is 1.81. The summed E-state index contributed by atoms with van der Waals surface area (Å²) in [5, 5.41) is 2.63. The topological polar surface area (TPSA) is 55.1 Å². The first-order valence-electron chi connectivity index (χ1n) is 4.39. The van der Waals surface area contributed by atoms with Crippen LogP contribution in [-0.4, -0.2) is 12.5 Å². The molecule has 1 amide bonds. The van der Waals surface area contributed by atoms with E-state index in [0.717, 1.165) is 0 Å². The van der Waals surface area contributed by atoms with Gasteiger partial charge >= 0.3 is 0 Å². The number of rotatable bonds is 3. The largest absolute Gasteiger partial charge is 0.330 e. The van der Waals surface area contributed by atoms with Crippen LogP contribution in [0.1, 0.15) is 12.0 Å². The van der Waals surface area contributed by atoms with E-state index in [9.17, 15) is 9.18 Å². The number of amides is 1. The minimum Gasteiger partial charge on any atom is -0.330 e. The molecule has 1 aromatic carbocycles. The van der Waals surface area contributed by atoms with Gasteiger partial charge in [0.1, 0.15) is 5.82 Å². The van der Waals surface area contributed by atoms with Crippen LogP contribution in [0.3, 0.4) is 0 Å². The van der Waals surface area contributed by atoms with Crippen molar-refractivity contribution in [1.82, 2.24) is 0 Å². The summed E-state index contributed by atoms with van der Waals surface area (Å²) in [7, 11) is 0. The van der Waals surface area contributed by atoms with Crippen LogP contribution < -0.4 is 11.1 Å². The molecule has 0 unspecified atom stereocenters. The van der Waals surface area contributed by atoms with E-state index in [-0.39, 0.29) is 18.1 Å². The molecule has 1 rings (SSSR count). The van der Waals surface area contributed by atoms with Crippen molar-refractivity contribution in [1.29, 1.82) is 0 Å². The Hall–Kier alpha value is -1.42. The molecule has 76 valence electrons. The molecule has 1 aromatic rings. The average Bonchev–Trinajstić information content (AvgIpc) is 2.12. The molecule has 0 aliphatic heterocycles. The summed E-state index contributed by atoms with van der Waals surface area (Å²) in [6.07, 6.45) is 0.274. The Labute approximate surface area is 82.1 Å². The van der Waals surface area contributed by atoms with Gasteiger partial charge in [0.2, 0.25) is 5.91 Å². The number of hydrogen-bond donors (Lipinski definition) is 2. The van der Waals surface area contributed by atoms with Gasteiger partial charge in [-0.15, -0.1) is 0 Å². The van der Waals surface area contributed by atoms with Crippen LogP contribution in [0.2, 0.25) is 0 Å². The van der Waals surface area contributed by atoms with Crippen LogP contribution in [0, 0.1) is 12.7 Å². The first kappa shape index (κ1) is 10.7. The molecular formula is C10H13FN2O. The van der Waals surface area contributed by atoms with Crippen LogP contribution in [0.4, 0.5) is 10.1 Å². The maximum atomic E-state index is 12.9. The Morgan fingerprint density at radius 1 is 1.57 bits per heavy atom. The van der Waals surface area contributed by atoms with Gasteiger partial charge in [0, 0.05) is 18.7 Å². The lowest BCUT2D eigenvalue weighted by molar-refractivity contribution is -0.116. The average molecular weight is 196 g/mol. The molecule has 14 heavy (non-hydrogen) atoms. The smallest absolute Gasteiger partial charge is 0.225 e. The molecule has 0 radical (unpaired) electrons. The van der Waals surface area contributed by atoms with Crippen molar-refractivity contribution in [2.75, 3.05) is 11.9 Å². The maximum absolute atomic E-state index is 12.9. The molecule has 0 heterocycles. The standard InChI is InChI=1S/C10H13FN2O/c1-7-6-8(2-3-9(7)11)13-10(14)4-5-12/h2-3,6H,4-5,12H2,1H3,(H,13,14). The molecule has 0 atom stereocenters. The highest BCUT2D eigenvalue weighted by Gasteiger charge is 2.02. The highest BCUT2D eigenvalue weighted by Crippen LogP contribution is 2.13. The van der Waals surface area contributed by atoms with Gasteiger partial charge in [0.25, 0.3) is 0 Å². The summed E-state index contributed by atoms with van der Waals surface area (Å²) in [6, 6.07) is 4.44. The molecule has 0 spiro atoms. The van der Waals surface area contributed by atoms with Gasteiger partial charge in [0.05, 0.1) is 0 Å². The van der Waals surface area contributed by atoms with Crippen LogP contribution in [0.15, 0.2) is 18.2 Å². The number of anilines is 1. The van der Waals surface area contributed by atoms with E-state index in [0.29, 0.717) is 17.8 Å². The summed E-state index contributed by atoms with van der Waals surface area (Å²) in [4.78, 5) is 11.1. The van der Waals surface area contributed by atoms with Crippen molar-refractivity contribution < 1.29 is 9.18 Å². The summed E-state index contributed by atoms with van der Waals surface area (Å²) >= 11 is 0. The normalized spacial score (nSPS) is 9.93. The molecule has 0 saturated carbocycles. The second-order valence-corrected chi connectivity index (χ2v) is 3.05. The summed E-state index contributed by atoms with van der Waals surface area (Å²) in [5.41, 5.74) is 6.33. The van der Waals surface area contributed by atoms with Gasteiger partial charge in [-0.3, -0.25) is 4.79 Å². The predicted octanol–water partition coefficient (Wildman–Crippen LogP) is 1.42. The minimum atomic E-state index is -0.276. The van der Waals surface area contributed by atoms with E-state index < -0.39 is 0 Å². The fourth-order valence-corrected chi connectivity index (χ4v) is 1.08. The number of hydrogen-bond acceptors (Lipinski definition) is 2. The quantitative estimate of drug-likeness (QED) is 0.768. The fraction of sp³-hybridized carbons (Fsp3) is 0.300. The van der Waals surface area contributed by atoms with Gasteiger partial charge in [0.15, 0.2) is 0 Å². The lowest BCUT2D eigenvalue weighted by Gasteiger charge is -2.05. The number of nitrogens with one attached hydrogen (secondary N) is 1. The van der Waals surface area contributed by atoms with Gasteiger partial charge < -0.3 is 11.1 Å². The molecule has 0 fully saturated rings. The number of benzene rings is 1. The third kappa shape index (κ3) is 2.81. The lowest BCUT2D eigenvalue weighted by Crippen LogP contribution is -2.16. The van der Waals surface area contributed by atoms with Crippen molar-refractivity contribution in [2.24, 2.45) is 5.73 Å². The van der Waals surface area contributed by atoms with Gasteiger partial charge in [-0.1, -0.05) is 0 Å². The number of aryl methyl sites for hydroxylation is 1. The Kier molecular flexibility index (Phi) is 3.59. The Morgan fingerprint density at radius 2 is 2.29 bits per heavy atom. The van der Waals surface area contributed by atoms with E-state index in [1.807, 2.05) is 0 Å². The molecule has 3 N–H and O–H groups in total. The molecule has 0 aliphatic rings. The first-order valence-corrected chi connectivity index (χ1v) is 4.39. The van der Waals surface area contributed by atoms with Crippen molar-refractivity contribution >= 4 is 11.6 Å². The van der Waals surface area contributed by atoms with E-state index in [2.05, 4.69) is 5.32 Å². The fourth-order valence-electron chi connectivity index (χ4n) is 1.08. The molecular weight excluding hydrogens is 183 g/mol. The second kappa shape index (κ2) is 4.72. The Bertz CT molecular complexity index is 339. The zero-order valence-corrected chi connectivity index (χ0v) is 8.01. The van der Waals surface area contributed by atoms with Crippen molar-refractivity contribution in [3.8, 4) is 0 Å². The minimum absolute atomic E-state index is 0.154.